The van der Waals surface area contributed by atoms with Crippen LogP contribution in [0.4, 0.5) is 0 Å². The van der Waals surface area contributed by atoms with E-state index in [1.807, 2.05) is 0 Å². The summed E-state index contributed by atoms with van der Waals surface area (Å²) in [6.45, 7) is 11.1. The molecule has 226 valence electrons. The van der Waals surface area contributed by atoms with Gasteiger partial charge in [-0.15, -0.1) is 0 Å². The van der Waals surface area contributed by atoms with Crippen LogP contribution in [0.3, 0.4) is 0 Å². The van der Waals surface area contributed by atoms with Crippen molar-refractivity contribution in [2.24, 2.45) is 0 Å². The molecule has 0 radical (unpaired) electrons. The maximum atomic E-state index is 13.7. The Balaban J connectivity index is 1.67. The van der Waals surface area contributed by atoms with Crippen LogP contribution in [0.1, 0.15) is 79.1 Å². The minimum atomic E-state index is -0.330. The third kappa shape index (κ3) is 4.45. The molecular weight excluding hydrogens is 741 g/mol. The Labute approximate surface area is 267 Å². The average molecular weight is 778 g/mol. The van der Waals surface area contributed by atoms with Crippen LogP contribution < -0.4 is 29.8 Å². The van der Waals surface area contributed by atoms with E-state index in [2.05, 4.69) is 27.7 Å². The first-order chi connectivity index (χ1) is 21.1. The number of hydrogen-bond donors (Lipinski definition) is 0. The molecule has 0 saturated carbocycles. The van der Waals surface area contributed by atoms with E-state index in [1.54, 1.807) is 0 Å². The van der Waals surface area contributed by atoms with Gasteiger partial charge in [0, 0.05) is 0 Å². The van der Waals surface area contributed by atoms with Crippen LogP contribution in [-0.2, 0) is 0 Å². The van der Waals surface area contributed by atoms with Crippen LogP contribution in [-0.4, -0.2) is 69.9 Å². The Morgan fingerprint density at radius 3 is 0.884 bits per heavy atom. The molecule has 0 bridgehead atoms. The molecule has 0 atom stereocenters. The molecule has 0 aliphatic rings. The molecule has 7 rings (SSSR count). The first-order valence-corrected chi connectivity index (χ1v) is 20.8. The molecule has 0 aliphatic heterocycles. The van der Waals surface area contributed by atoms with E-state index in [1.165, 1.54) is 19.3 Å². The molecule has 43 heavy (non-hydrogen) atoms. The quantitative estimate of drug-likeness (QED) is 0.0458. The van der Waals surface area contributed by atoms with Crippen LogP contribution in [0, 0.1) is 0 Å². The summed E-state index contributed by atoms with van der Waals surface area (Å²) in [5.74, 6) is 3.33. The second-order valence-corrected chi connectivity index (χ2v) is 17.7. The standard InChI is InChI=1S/C34H36O6Se3/c1-5-9-13-37-25-27(39-15-11-7-3)33-21-19-17-18-20-22(21)34(43-33)28(40-16-12-8-4)26(38-14-10-6-2)32(20)42-30(18)24(36)23(35)29(17)41-31(19)25/h5-16H2,1-4H3. The van der Waals surface area contributed by atoms with Gasteiger partial charge in [-0.3, -0.25) is 0 Å². The first-order valence-electron chi connectivity index (χ1n) is 15.7. The number of benzene rings is 4. The molecule has 3 aromatic heterocycles. The van der Waals surface area contributed by atoms with Crippen molar-refractivity contribution >= 4 is 101 Å². The molecule has 0 amide bonds. The molecule has 0 fully saturated rings. The SMILES string of the molecule is CCCCOc1c(OCCCC)c2[se]c3c(=O)c(=O)c4[se]c5c(OCCCC)c(OCCCC)c6[se]c1c1c6c5c4c3c21. The summed E-state index contributed by atoms with van der Waals surface area (Å²) in [6, 6.07) is 0. The fraction of sp³-hybridized carbons (Fsp3) is 0.471. The van der Waals surface area contributed by atoms with Gasteiger partial charge in [0.1, 0.15) is 0 Å². The van der Waals surface area contributed by atoms with Crippen molar-refractivity contribution < 1.29 is 18.9 Å². The predicted molar refractivity (Wildman–Crippen MR) is 181 cm³/mol. The van der Waals surface area contributed by atoms with Crippen molar-refractivity contribution in [2.75, 3.05) is 26.4 Å². The summed E-state index contributed by atoms with van der Waals surface area (Å²) in [6.07, 6.45) is 7.97. The molecule has 7 aromatic rings. The van der Waals surface area contributed by atoms with Crippen LogP contribution in [0.15, 0.2) is 9.59 Å². The number of ether oxygens (including phenoxy) is 4. The Bertz CT molecular complexity index is 1990. The Morgan fingerprint density at radius 1 is 0.395 bits per heavy atom. The molecule has 0 N–H and O–H groups in total. The van der Waals surface area contributed by atoms with Crippen LogP contribution in [0.25, 0.3) is 57.9 Å². The zero-order valence-corrected chi connectivity index (χ0v) is 30.3. The molecule has 0 saturated heterocycles. The van der Waals surface area contributed by atoms with E-state index in [0.717, 1.165) is 104 Å². The van der Waals surface area contributed by atoms with Gasteiger partial charge in [0.25, 0.3) is 0 Å². The van der Waals surface area contributed by atoms with Gasteiger partial charge < -0.3 is 0 Å². The van der Waals surface area contributed by atoms with E-state index >= 15 is 0 Å². The average Bonchev–Trinajstić information content (AvgIpc) is 3.70. The Hall–Kier alpha value is -1.98. The second kappa shape index (κ2) is 12.1. The number of unbranched alkanes of at least 4 members (excludes halogenated alkanes) is 4. The van der Waals surface area contributed by atoms with Gasteiger partial charge in [0.2, 0.25) is 0 Å². The van der Waals surface area contributed by atoms with Crippen molar-refractivity contribution in [2.45, 2.75) is 79.1 Å². The zero-order valence-electron chi connectivity index (χ0n) is 25.2. The predicted octanol–water partition coefficient (Wildman–Crippen LogP) is 6.96. The minimum absolute atomic E-state index is 0.113. The van der Waals surface area contributed by atoms with Gasteiger partial charge in [0.05, 0.1) is 0 Å². The third-order valence-electron chi connectivity index (χ3n) is 8.31. The van der Waals surface area contributed by atoms with Gasteiger partial charge in [0.15, 0.2) is 0 Å². The fourth-order valence-electron chi connectivity index (χ4n) is 6.10. The van der Waals surface area contributed by atoms with E-state index in [0.29, 0.717) is 34.9 Å². The van der Waals surface area contributed by atoms with E-state index in [4.69, 9.17) is 18.9 Å². The van der Waals surface area contributed by atoms with Gasteiger partial charge in [-0.1, -0.05) is 0 Å². The van der Waals surface area contributed by atoms with Crippen molar-refractivity contribution in [3.8, 4) is 23.0 Å². The van der Waals surface area contributed by atoms with Gasteiger partial charge >= 0.3 is 269 Å². The Morgan fingerprint density at radius 2 is 0.628 bits per heavy atom. The summed E-state index contributed by atoms with van der Waals surface area (Å²) >= 11 is -0.772. The summed E-state index contributed by atoms with van der Waals surface area (Å²) in [4.78, 5) is 27.5. The molecule has 3 heterocycles. The normalized spacial score (nSPS) is 12.6. The summed E-state index contributed by atoms with van der Waals surface area (Å²) in [5, 5.41) is 6.74. The molecule has 9 heteroatoms. The first kappa shape index (κ1) is 29.7. The van der Waals surface area contributed by atoms with E-state index in [-0.39, 0.29) is 54.4 Å². The number of rotatable bonds is 16. The van der Waals surface area contributed by atoms with Crippen molar-refractivity contribution in [3.05, 3.63) is 20.4 Å². The topological polar surface area (TPSA) is 71.1 Å². The molecule has 4 aromatic carbocycles. The van der Waals surface area contributed by atoms with Gasteiger partial charge in [-0.2, -0.15) is 0 Å². The number of hydrogen-bond acceptors (Lipinski definition) is 6. The van der Waals surface area contributed by atoms with Crippen molar-refractivity contribution in [3.63, 3.8) is 0 Å². The van der Waals surface area contributed by atoms with Crippen molar-refractivity contribution in [1.82, 2.24) is 0 Å². The summed E-state index contributed by atoms with van der Waals surface area (Å²) in [5.41, 5.74) is -0.636. The van der Waals surface area contributed by atoms with Crippen LogP contribution in [0.2, 0.25) is 0 Å². The molecular formula is C34H36O6Se3. The van der Waals surface area contributed by atoms with E-state index < -0.39 is 0 Å². The summed E-state index contributed by atoms with van der Waals surface area (Å²) < 4.78 is 32.5. The molecule has 0 aliphatic carbocycles. The molecule has 6 nitrogen and oxygen atoms in total. The molecule has 0 unspecified atom stereocenters. The second-order valence-electron chi connectivity index (χ2n) is 11.3. The van der Waals surface area contributed by atoms with Crippen LogP contribution >= 0.6 is 0 Å². The zero-order chi connectivity index (χ0) is 29.8. The van der Waals surface area contributed by atoms with E-state index in [9.17, 15) is 9.59 Å². The summed E-state index contributed by atoms with van der Waals surface area (Å²) in [7, 11) is 0. The Kier molecular flexibility index (Phi) is 8.35. The maximum absolute atomic E-state index is 13.7. The monoisotopic (exact) mass is 780 g/mol. The van der Waals surface area contributed by atoms with Gasteiger partial charge in [-0.25, -0.2) is 0 Å². The fourth-order valence-corrected chi connectivity index (χ4v) is 14.1. The van der Waals surface area contributed by atoms with Crippen LogP contribution in [0.5, 0.6) is 23.0 Å². The third-order valence-corrected chi connectivity index (χ3v) is 15.8. The van der Waals surface area contributed by atoms with Gasteiger partial charge in [-0.05, 0) is 0 Å². The molecule has 0 spiro atoms. The van der Waals surface area contributed by atoms with Crippen molar-refractivity contribution in [1.29, 1.82) is 0 Å².